The molecule has 0 radical (unpaired) electrons. The van der Waals surface area contributed by atoms with E-state index in [0.29, 0.717) is 17.7 Å². The summed E-state index contributed by atoms with van der Waals surface area (Å²) < 4.78 is 10.6. The van der Waals surface area contributed by atoms with Gasteiger partial charge in [-0.05, 0) is 64.3 Å². The van der Waals surface area contributed by atoms with Gasteiger partial charge in [-0.25, -0.2) is 4.79 Å². The van der Waals surface area contributed by atoms with Gasteiger partial charge in [0.1, 0.15) is 11.4 Å². The summed E-state index contributed by atoms with van der Waals surface area (Å²) in [6.45, 7) is 10.9. The van der Waals surface area contributed by atoms with Crippen molar-refractivity contribution in [2.45, 2.75) is 53.6 Å². The van der Waals surface area contributed by atoms with Crippen LogP contribution in [0.15, 0.2) is 24.3 Å². The largest absolute Gasteiger partial charge is 0.444 e. The molecule has 0 heterocycles. The molecule has 6 nitrogen and oxygen atoms in total. The van der Waals surface area contributed by atoms with Crippen LogP contribution in [-0.2, 0) is 9.53 Å². The van der Waals surface area contributed by atoms with Crippen molar-refractivity contribution in [3.8, 4) is 5.75 Å². The molecule has 0 fully saturated rings. The maximum atomic E-state index is 12.5. The summed E-state index contributed by atoms with van der Waals surface area (Å²) in [6, 6.07) is 6.40. The number of ketones is 1. The summed E-state index contributed by atoms with van der Waals surface area (Å²) in [6.07, 6.45) is 0.00467. The number of hydrogen-bond acceptors (Lipinski definition) is 5. The van der Waals surface area contributed by atoms with Gasteiger partial charge >= 0.3 is 12.1 Å². The molecule has 1 amide bonds. The third-order valence-electron chi connectivity index (χ3n) is 3.46. The van der Waals surface area contributed by atoms with E-state index >= 15 is 0 Å². The van der Waals surface area contributed by atoms with Crippen molar-refractivity contribution >= 4 is 17.8 Å². The number of amides is 1. The molecule has 0 aliphatic heterocycles. The smallest absolute Gasteiger partial charge is 0.407 e. The summed E-state index contributed by atoms with van der Waals surface area (Å²) in [5.41, 5.74) is -0.0496. The number of Topliss-reactive ketones (excluding diaryl/α,β-unsaturated/α-hetero) is 1. The fourth-order valence-corrected chi connectivity index (χ4v) is 2.31. The predicted molar refractivity (Wildman–Crippen MR) is 99.3 cm³/mol. The molecule has 144 valence electrons. The van der Waals surface area contributed by atoms with Gasteiger partial charge in [-0.3, -0.25) is 9.59 Å². The molecular weight excluding hydrogens is 334 g/mol. The van der Waals surface area contributed by atoms with Gasteiger partial charge < -0.3 is 14.8 Å². The standard InChI is InChI=1S/C20H29NO5/c1-13(2)11-16(12-21-19(24)26-20(4,5)6)18(23)25-17-9-7-15(8-10-17)14(3)22/h7-10,13,16H,11-12H2,1-6H3,(H,21,24). The fraction of sp³-hybridized carbons (Fsp3) is 0.550. The Morgan fingerprint density at radius 3 is 2.12 bits per heavy atom. The van der Waals surface area contributed by atoms with Crippen LogP contribution in [0.25, 0.3) is 0 Å². The molecule has 1 unspecified atom stereocenters. The summed E-state index contributed by atoms with van der Waals surface area (Å²) in [4.78, 5) is 35.6. The van der Waals surface area contributed by atoms with Gasteiger partial charge in [0.15, 0.2) is 5.78 Å². The van der Waals surface area contributed by atoms with Gasteiger partial charge in [0.2, 0.25) is 0 Å². The Bertz CT molecular complexity index is 629. The Balaban J connectivity index is 2.70. The molecule has 1 atom stereocenters. The van der Waals surface area contributed by atoms with Crippen molar-refractivity contribution in [2.75, 3.05) is 6.54 Å². The van der Waals surface area contributed by atoms with Crippen molar-refractivity contribution in [1.82, 2.24) is 5.32 Å². The number of benzene rings is 1. The number of hydrogen-bond donors (Lipinski definition) is 1. The lowest BCUT2D eigenvalue weighted by atomic mass is 9.97. The average molecular weight is 363 g/mol. The quantitative estimate of drug-likeness (QED) is 0.450. The zero-order valence-electron chi connectivity index (χ0n) is 16.4. The molecule has 0 bridgehead atoms. The highest BCUT2D eigenvalue weighted by molar-refractivity contribution is 5.94. The number of carbonyl (C=O) groups excluding carboxylic acids is 3. The lowest BCUT2D eigenvalue weighted by Gasteiger charge is -2.22. The molecule has 1 rings (SSSR count). The Kier molecular flexibility index (Phi) is 7.80. The molecule has 0 aliphatic carbocycles. The second kappa shape index (κ2) is 9.36. The Labute approximate surface area is 155 Å². The topological polar surface area (TPSA) is 81.7 Å². The lowest BCUT2D eigenvalue weighted by Crippen LogP contribution is -2.38. The molecule has 0 aliphatic rings. The molecular formula is C20H29NO5. The Hall–Kier alpha value is -2.37. The van der Waals surface area contributed by atoms with E-state index in [1.165, 1.54) is 6.92 Å². The van der Waals surface area contributed by atoms with Gasteiger partial charge in [-0.1, -0.05) is 13.8 Å². The summed E-state index contributed by atoms with van der Waals surface area (Å²) >= 11 is 0. The summed E-state index contributed by atoms with van der Waals surface area (Å²) in [5, 5.41) is 2.63. The predicted octanol–water partition coefficient (Wildman–Crippen LogP) is 3.98. The highest BCUT2D eigenvalue weighted by Crippen LogP contribution is 2.18. The van der Waals surface area contributed by atoms with Crippen LogP contribution >= 0.6 is 0 Å². The van der Waals surface area contributed by atoms with Crippen molar-refractivity contribution in [1.29, 1.82) is 0 Å². The van der Waals surface area contributed by atoms with E-state index in [1.54, 1.807) is 45.0 Å². The van der Waals surface area contributed by atoms with E-state index in [0.717, 1.165) is 0 Å². The van der Waals surface area contributed by atoms with Crippen molar-refractivity contribution in [3.05, 3.63) is 29.8 Å². The van der Waals surface area contributed by atoms with Crippen molar-refractivity contribution < 1.29 is 23.9 Å². The van der Waals surface area contributed by atoms with Crippen molar-refractivity contribution in [3.63, 3.8) is 0 Å². The fourth-order valence-electron chi connectivity index (χ4n) is 2.31. The first-order valence-electron chi connectivity index (χ1n) is 8.77. The normalized spacial score (nSPS) is 12.4. The van der Waals surface area contributed by atoms with Crippen LogP contribution in [0, 0.1) is 11.8 Å². The summed E-state index contributed by atoms with van der Waals surface area (Å²) in [5.74, 6) is -0.346. The van der Waals surface area contributed by atoms with Crippen LogP contribution in [0.2, 0.25) is 0 Å². The second-order valence-corrected chi connectivity index (χ2v) is 7.71. The third-order valence-corrected chi connectivity index (χ3v) is 3.46. The van der Waals surface area contributed by atoms with Crippen molar-refractivity contribution in [2.24, 2.45) is 11.8 Å². The van der Waals surface area contributed by atoms with E-state index in [-0.39, 0.29) is 18.2 Å². The number of ether oxygens (including phenoxy) is 2. The molecule has 0 spiro atoms. The first-order valence-corrected chi connectivity index (χ1v) is 8.77. The third kappa shape index (κ3) is 8.14. The highest BCUT2D eigenvalue weighted by Gasteiger charge is 2.24. The minimum atomic E-state index is -0.601. The molecule has 1 aromatic rings. The maximum Gasteiger partial charge on any atom is 0.407 e. The molecule has 0 aromatic heterocycles. The summed E-state index contributed by atoms with van der Waals surface area (Å²) in [7, 11) is 0. The van der Waals surface area contributed by atoms with E-state index in [9.17, 15) is 14.4 Å². The van der Waals surface area contributed by atoms with Crippen LogP contribution < -0.4 is 10.1 Å². The van der Waals surface area contributed by atoms with Crippen LogP contribution in [0.3, 0.4) is 0 Å². The number of nitrogens with one attached hydrogen (secondary N) is 1. The number of esters is 1. The molecule has 26 heavy (non-hydrogen) atoms. The number of carbonyl (C=O) groups is 3. The van der Waals surface area contributed by atoms with Crippen LogP contribution in [-0.4, -0.2) is 30.0 Å². The Morgan fingerprint density at radius 1 is 1.08 bits per heavy atom. The van der Waals surface area contributed by atoms with Crippen LogP contribution in [0.4, 0.5) is 4.79 Å². The number of rotatable bonds is 7. The molecule has 1 aromatic carbocycles. The average Bonchev–Trinajstić information content (AvgIpc) is 2.49. The second-order valence-electron chi connectivity index (χ2n) is 7.71. The molecule has 6 heteroatoms. The maximum absolute atomic E-state index is 12.5. The van der Waals surface area contributed by atoms with E-state index in [4.69, 9.17) is 9.47 Å². The first-order chi connectivity index (χ1) is 12.0. The van der Waals surface area contributed by atoms with E-state index < -0.39 is 23.6 Å². The SMILES string of the molecule is CC(=O)c1ccc(OC(=O)C(CNC(=O)OC(C)(C)C)CC(C)C)cc1. The first kappa shape index (κ1) is 21.7. The minimum Gasteiger partial charge on any atom is -0.444 e. The molecule has 0 saturated carbocycles. The minimum absolute atomic E-state index is 0.0536. The Morgan fingerprint density at radius 2 is 1.65 bits per heavy atom. The zero-order valence-corrected chi connectivity index (χ0v) is 16.4. The number of alkyl carbamates (subject to hydrolysis) is 1. The highest BCUT2D eigenvalue weighted by atomic mass is 16.6. The van der Waals surface area contributed by atoms with Gasteiger partial charge in [0.05, 0.1) is 5.92 Å². The van der Waals surface area contributed by atoms with E-state index in [1.807, 2.05) is 13.8 Å². The van der Waals surface area contributed by atoms with Gasteiger partial charge in [-0.15, -0.1) is 0 Å². The molecule has 0 saturated heterocycles. The lowest BCUT2D eigenvalue weighted by molar-refractivity contribution is -0.139. The van der Waals surface area contributed by atoms with Crippen LogP contribution in [0.1, 0.15) is 58.3 Å². The zero-order chi connectivity index (χ0) is 19.9. The van der Waals surface area contributed by atoms with Gasteiger partial charge in [0.25, 0.3) is 0 Å². The van der Waals surface area contributed by atoms with Crippen LogP contribution in [0.5, 0.6) is 5.75 Å². The van der Waals surface area contributed by atoms with Gasteiger partial charge in [0, 0.05) is 12.1 Å². The molecule has 1 N–H and O–H groups in total. The van der Waals surface area contributed by atoms with E-state index in [2.05, 4.69) is 5.32 Å². The monoisotopic (exact) mass is 363 g/mol. The van der Waals surface area contributed by atoms with Gasteiger partial charge in [-0.2, -0.15) is 0 Å².